The van der Waals surface area contributed by atoms with Crippen LogP contribution >= 0.6 is 0 Å². The molecule has 0 aromatic carbocycles. The van der Waals surface area contributed by atoms with Crippen molar-refractivity contribution in [1.82, 2.24) is 5.32 Å². The summed E-state index contributed by atoms with van der Waals surface area (Å²) in [7, 11) is 0. The van der Waals surface area contributed by atoms with Crippen molar-refractivity contribution in [2.75, 3.05) is 19.8 Å². The van der Waals surface area contributed by atoms with Gasteiger partial charge < -0.3 is 15.8 Å². The monoisotopic (exact) mass is 160 g/mol. The smallest absolute Gasteiger partial charge is 0.312 e. The maximum Gasteiger partial charge on any atom is 0.312 e. The number of rotatable bonds is 6. The van der Waals surface area contributed by atoms with Crippen molar-refractivity contribution in [3.63, 3.8) is 0 Å². The zero-order valence-corrected chi connectivity index (χ0v) is 6.93. The van der Waals surface area contributed by atoms with Gasteiger partial charge in [-0.2, -0.15) is 0 Å². The maximum absolute atomic E-state index is 10.2. The van der Waals surface area contributed by atoms with Crippen molar-refractivity contribution < 1.29 is 9.53 Å². The molecule has 0 fully saturated rings. The van der Waals surface area contributed by atoms with E-state index in [1.165, 1.54) is 0 Å². The molecule has 3 N–H and O–H groups in total. The minimum atomic E-state index is -0.472. The van der Waals surface area contributed by atoms with Crippen LogP contribution in [0.4, 0.5) is 4.79 Å². The number of primary amides is 1. The van der Waals surface area contributed by atoms with Gasteiger partial charge in [0.25, 0.3) is 0 Å². The summed E-state index contributed by atoms with van der Waals surface area (Å²) in [5, 5.41) is 2.48. The first-order chi connectivity index (χ1) is 5.27. The Balaban J connectivity index is 2.85. The fraction of sp³-hybridized carbons (Fsp3) is 0.857. The summed E-state index contributed by atoms with van der Waals surface area (Å²) >= 11 is 0. The normalized spacial score (nSPS) is 9.55. The van der Waals surface area contributed by atoms with E-state index in [2.05, 4.69) is 12.2 Å². The van der Waals surface area contributed by atoms with E-state index in [9.17, 15) is 4.79 Å². The molecular formula is C7H16N2O2. The molecule has 66 valence electrons. The van der Waals surface area contributed by atoms with Gasteiger partial charge in [-0.25, -0.2) is 4.79 Å². The molecule has 4 nitrogen and oxygen atoms in total. The number of nitrogens with one attached hydrogen (secondary N) is 1. The Morgan fingerprint density at radius 1 is 1.55 bits per heavy atom. The van der Waals surface area contributed by atoms with E-state index < -0.39 is 6.03 Å². The molecule has 0 saturated heterocycles. The first-order valence-electron chi connectivity index (χ1n) is 3.88. The van der Waals surface area contributed by atoms with Crippen LogP contribution in [0.2, 0.25) is 0 Å². The molecule has 0 aliphatic rings. The third-order valence-electron chi connectivity index (χ3n) is 1.11. The summed E-state index contributed by atoms with van der Waals surface area (Å²) < 4.78 is 5.17. The van der Waals surface area contributed by atoms with Crippen molar-refractivity contribution in [3.05, 3.63) is 0 Å². The highest BCUT2D eigenvalue weighted by molar-refractivity contribution is 5.71. The van der Waals surface area contributed by atoms with E-state index in [1.54, 1.807) is 0 Å². The maximum atomic E-state index is 10.2. The van der Waals surface area contributed by atoms with Gasteiger partial charge in [0.2, 0.25) is 0 Å². The van der Waals surface area contributed by atoms with Crippen LogP contribution in [-0.2, 0) is 4.74 Å². The molecule has 0 aliphatic carbocycles. The van der Waals surface area contributed by atoms with Crippen LogP contribution in [0.3, 0.4) is 0 Å². The lowest BCUT2D eigenvalue weighted by molar-refractivity contribution is 0.132. The molecule has 0 spiro atoms. The number of hydrogen-bond acceptors (Lipinski definition) is 2. The molecule has 0 rings (SSSR count). The lowest BCUT2D eigenvalue weighted by Gasteiger charge is -2.02. The molecule has 0 aromatic rings. The minimum Gasteiger partial charge on any atom is -0.381 e. The van der Waals surface area contributed by atoms with E-state index in [1.807, 2.05) is 0 Å². The fourth-order valence-corrected chi connectivity index (χ4v) is 0.632. The first-order valence-corrected chi connectivity index (χ1v) is 3.88. The molecule has 0 heterocycles. The summed E-state index contributed by atoms with van der Waals surface area (Å²) in [5.74, 6) is 0. The molecule has 0 unspecified atom stereocenters. The molecule has 11 heavy (non-hydrogen) atoms. The van der Waals surface area contributed by atoms with Crippen LogP contribution in [-0.4, -0.2) is 25.8 Å². The van der Waals surface area contributed by atoms with E-state index in [0.717, 1.165) is 19.4 Å². The van der Waals surface area contributed by atoms with Crippen LogP contribution in [0, 0.1) is 0 Å². The van der Waals surface area contributed by atoms with Gasteiger partial charge in [-0.15, -0.1) is 0 Å². The lowest BCUT2D eigenvalue weighted by atomic mass is 10.4. The molecule has 0 radical (unpaired) electrons. The number of ether oxygens (including phenoxy) is 1. The molecule has 4 heteroatoms. The van der Waals surface area contributed by atoms with Crippen molar-refractivity contribution in [3.8, 4) is 0 Å². The number of nitrogens with two attached hydrogens (primary N) is 1. The summed E-state index contributed by atoms with van der Waals surface area (Å²) in [6, 6.07) is -0.472. The average Bonchev–Trinajstić information content (AvgIpc) is 1.96. The molecular weight excluding hydrogens is 144 g/mol. The summed E-state index contributed by atoms with van der Waals surface area (Å²) in [6.07, 6.45) is 1.85. The van der Waals surface area contributed by atoms with E-state index >= 15 is 0 Å². The Bertz CT molecular complexity index is 107. The van der Waals surface area contributed by atoms with Crippen LogP contribution in [0.15, 0.2) is 0 Å². The van der Waals surface area contributed by atoms with Crippen LogP contribution in [0.25, 0.3) is 0 Å². The first kappa shape index (κ1) is 10.2. The number of hydrogen-bond donors (Lipinski definition) is 2. The highest BCUT2D eigenvalue weighted by Gasteiger charge is 1.90. The average molecular weight is 160 g/mol. The summed E-state index contributed by atoms with van der Waals surface area (Å²) in [4.78, 5) is 10.2. The fourth-order valence-electron chi connectivity index (χ4n) is 0.632. The van der Waals surface area contributed by atoms with Gasteiger partial charge in [-0.1, -0.05) is 6.92 Å². The largest absolute Gasteiger partial charge is 0.381 e. The molecule has 2 amide bonds. The van der Waals surface area contributed by atoms with Gasteiger partial charge in [0.1, 0.15) is 0 Å². The topological polar surface area (TPSA) is 64.3 Å². The molecule has 0 saturated carbocycles. The van der Waals surface area contributed by atoms with Gasteiger partial charge in [0, 0.05) is 19.8 Å². The molecule has 0 atom stereocenters. The van der Waals surface area contributed by atoms with Gasteiger partial charge in [-0.05, 0) is 12.8 Å². The van der Waals surface area contributed by atoms with Crippen molar-refractivity contribution in [1.29, 1.82) is 0 Å². The standard InChI is InChI=1S/C7H16N2O2/c1-2-5-11-6-3-4-9-7(8)10/h2-6H2,1H3,(H3,8,9,10). The number of carbonyl (C=O) groups is 1. The summed E-state index contributed by atoms with van der Waals surface area (Å²) in [6.45, 7) is 4.13. The Morgan fingerprint density at radius 3 is 2.82 bits per heavy atom. The molecule has 0 bridgehead atoms. The third kappa shape index (κ3) is 9.23. The Kier molecular flexibility index (Phi) is 6.82. The second-order valence-electron chi connectivity index (χ2n) is 2.26. The second-order valence-corrected chi connectivity index (χ2v) is 2.26. The number of carbonyl (C=O) groups excluding carboxylic acids is 1. The number of amides is 2. The Hall–Kier alpha value is -0.770. The quantitative estimate of drug-likeness (QED) is 0.555. The van der Waals surface area contributed by atoms with E-state index in [0.29, 0.717) is 13.2 Å². The molecule has 0 aromatic heterocycles. The van der Waals surface area contributed by atoms with Gasteiger partial charge in [-0.3, -0.25) is 0 Å². The van der Waals surface area contributed by atoms with E-state index in [4.69, 9.17) is 10.5 Å². The minimum absolute atomic E-state index is 0.472. The predicted molar refractivity (Wildman–Crippen MR) is 43.3 cm³/mol. The highest BCUT2D eigenvalue weighted by Crippen LogP contribution is 1.83. The van der Waals surface area contributed by atoms with Crippen molar-refractivity contribution in [2.45, 2.75) is 19.8 Å². The van der Waals surface area contributed by atoms with E-state index in [-0.39, 0.29) is 0 Å². The third-order valence-corrected chi connectivity index (χ3v) is 1.11. The second kappa shape index (κ2) is 7.34. The molecule has 0 aliphatic heterocycles. The van der Waals surface area contributed by atoms with Gasteiger partial charge in [0.05, 0.1) is 0 Å². The number of urea groups is 1. The Labute approximate surface area is 67.1 Å². The van der Waals surface area contributed by atoms with Crippen LogP contribution in [0.1, 0.15) is 19.8 Å². The van der Waals surface area contributed by atoms with Crippen LogP contribution < -0.4 is 11.1 Å². The Morgan fingerprint density at radius 2 is 2.27 bits per heavy atom. The van der Waals surface area contributed by atoms with Crippen molar-refractivity contribution in [2.24, 2.45) is 5.73 Å². The zero-order chi connectivity index (χ0) is 8.53. The van der Waals surface area contributed by atoms with Gasteiger partial charge >= 0.3 is 6.03 Å². The van der Waals surface area contributed by atoms with Gasteiger partial charge in [0.15, 0.2) is 0 Å². The lowest BCUT2D eigenvalue weighted by Crippen LogP contribution is -2.30. The van der Waals surface area contributed by atoms with Crippen molar-refractivity contribution >= 4 is 6.03 Å². The highest BCUT2D eigenvalue weighted by atomic mass is 16.5. The summed E-state index contributed by atoms with van der Waals surface area (Å²) in [5.41, 5.74) is 4.84. The predicted octanol–water partition coefficient (Wildman–Crippen LogP) is 0.471. The SMILES string of the molecule is CCCOCCCNC(N)=O. The van der Waals surface area contributed by atoms with Crippen LogP contribution in [0.5, 0.6) is 0 Å². The zero-order valence-electron chi connectivity index (χ0n) is 6.93.